The summed E-state index contributed by atoms with van der Waals surface area (Å²) in [6.07, 6.45) is 0.0954. The number of nitrogens with two attached hydrogens (primary N) is 1. The van der Waals surface area contributed by atoms with Crippen molar-refractivity contribution < 1.29 is 28.2 Å². The molecular formula is C16H18F2N2O4. The molecule has 3 N–H and O–H groups in total. The number of anilines is 1. The lowest BCUT2D eigenvalue weighted by Gasteiger charge is -2.18. The SMILES string of the molecule is NC(=O)CCC1CN(c2cc(F)c(C3(CO)CC3)c(F)c2)C(=O)O1. The number of halogens is 2. The van der Waals surface area contributed by atoms with Crippen molar-refractivity contribution in [3.05, 3.63) is 29.3 Å². The Morgan fingerprint density at radius 1 is 1.38 bits per heavy atom. The zero-order valence-electron chi connectivity index (χ0n) is 12.9. The summed E-state index contributed by atoms with van der Waals surface area (Å²) >= 11 is 0. The minimum Gasteiger partial charge on any atom is -0.444 e. The number of aliphatic hydroxyl groups excluding tert-OH is 1. The lowest BCUT2D eigenvalue weighted by Crippen LogP contribution is -2.26. The second kappa shape index (κ2) is 6.01. The Bertz CT molecular complexity index is 668. The van der Waals surface area contributed by atoms with Gasteiger partial charge in [-0.05, 0) is 31.4 Å². The van der Waals surface area contributed by atoms with Crippen LogP contribution < -0.4 is 10.6 Å². The van der Waals surface area contributed by atoms with Gasteiger partial charge in [-0.3, -0.25) is 9.69 Å². The molecule has 0 bridgehead atoms. The van der Waals surface area contributed by atoms with Crippen LogP contribution in [0, 0.1) is 11.6 Å². The number of rotatable bonds is 6. The van der Waals surface area contributed by atoms with Gasteiger partial charge in [0.15, 0.2) is 0 Å². The number of primary amides is 1. The molecular weight excluding hydrogens is 322 g/mol. The van der Waals surface area contributed by atoms with Crippen LogP contribution in [0.2, 0.25) is 0 Å². The van der Waals surface area contributed by atoms with E-state index in [1.165, 1.54) is 0 Å². The predicted molar refractivity (Wildman–Crippen MR) is 80.4 cm³/mol. The minimum atomic E-state index is -0.845. The fraction of sp³-hybridized carbons (Fsp3) is 0.500. The highest BCUT2D eigenvalue weighted by Crippen LogP contribution is 2.50. The molecule has 1 saturated heterocycles. The van der Waals surface area contributed by atoms with Gasteiger partial charge < -0.3 is 15.6 Å². The quantitative estimate of drug-likeness (QED) is 0.822. The van der Waals surface area contributed by atoms with Gasteiger partial charge in [0.05, 0.1) is 18.8 Å². The molecule has 2 amide bonds. The van der Waals surface area contributed by atoms with E-state index in [-0.39, 0.29) is 37.2 Å². The molecule has 2 fully saturated rings. The Balaban J connectivity index is 1.80. The van der Waals surface area contributed by atoms with Crippen molar-refractivity contribution in [2.75, 3.05) is 18.1 Å². The lowest BCUT2D eigenvalue weighted by atomic mass is 9.95. The zero-order chi connectivity index (χ0) is 17.5. The summed E-state index contributed by atoms with van der Waals surface area (Å²) in [5.41, 5.74) is 4.13. The number of ether oxygens (including phenoxy) is 1. The molecule has 1 aromatic rings. The molecule has 24 heavy (non-hydrogen) atoms. The third-order valence-electron chi connectivity index (χ3n) is 4.61. The summed E-state index contributed by atoms with van der Waals surface area (Å²) < 4.78 is 33.8. The van der Waals surface area contributed by atoms with Crippen LogP contribution in [0.15, 0.2) is 12.1 Å². The van der Waals surface area contributed by atoms with E-state index < -0.39 is 35.2 Å². The predicted octanol–water partition coefficient (Wildman–Crippen LogP) is 1.58. The molecule has 0 aromatic heterocycles. The van der Waals surface area contributed by atoms with Crippen molar-refractivity contribution in [3.63, 3.8) is 0 Å². The van der Waals surface area contributed by atoms with Crippen LogP contribution in [0.4, 0.5) is 19.3 Å². The monoisotopic (exact) mass is 340 g/mol. The summed E-state index contributed by atoms with van der Waals surface area (Å²) in [6.45, 7) is -0.226. The first-order valence-corrected chi connectivity index (χ1v) is 7.73. The van der Waals surface area contributed by atoms with Crippen LogP contribution in [0.1, 0.15) is 31.2 Å². The van der Waals surface area contributed by atoms with Crippen LogP contribution in [0.5, 0.6) is 0 Å². The average Bonchev–Trinajstić information content (AvgIpc) is 3.20. The molecule has 1 heterocycles. The molecule has 1 atom stereocenters. The van der Waals surface area contributed by atoms with Gasteiger partial charge >= 0.3 is 6.09 Å². The summed E-state index contributed by atoms with van der Waals surface area (Å²) in [5.74, 6) is -2.08. The van der Waals surface area contributed by atoms with E-state index in [2.05, 4.69) is 0 Å². The molecule has 1 aliphatic heterocycles. The summed E-state index contributed by atoms with van der Waals surface area (Å²) in [6, 6.07) is 2.15. The Morgan fingerprint density at radius 3 is 2.50 bits per heavy atom. The number of hydrogen-bond donors (Lipinski definition) is 2. The third-order valence-corrected chi connectivity index (χ3v) is 4.61. The fourth-order valence-corrected chi connectivity index (χ4v) is 3.05. The standard InChI is InChI=1S/C16H18F2N2O4/c17-11-5-9(6-12(18)14(11)16(8-21)3-4-16)20-7-10(24-15(20)23)1-2-13(19)22/h5-6,10,21H,1-4,7-8H2,(H2,19,22). The first kappa shape index (κ1) is 16.6. The molecule has 2 aliphatic rings. The number of nitrogens with zero attached hydrogens (tertiary/aromatic N) is 1. The number of amides is 2. The molecule has 1 aliphatic carbocycles. The van der Waals surface area contributed by atoms with E-state index >= 15 is 0 Å². The fourth-order valence-electron chi connectivity index (χ4n) is 3.05. The van der Waals surface area contributed by atoms with Gasteiger partial charge in [-0.15, -0.1) is 0 Å². The molecule has 1 aromatic carbocycles. The molecule has 6 nitrogen and oxygen atoms in total. The van der Waals surface area contributed by atoms with Crippen LogP contribution >= 0.6 is 0 Å². The molecule has 1 saturated carbocycles. The Hall–Kier alpha value is -2.22. The van der Waals surface area contributed by atoms with Gasteiger partial charge in [0.2, 0.25) is 5.91 Å². The van der Waals surface area contributed by atoms with E-state index in [1.807, 2.05) is 0 Å². The van der Waals surface area contributed by atoms with E-state index in [0.29, 0.717) is 12.8 Å². The molecule has 130 valence electrons. The molecule has 8 heteroatoms. The number of benzene rings is 1. The average molecular weight is 340 g/mol. The maximum absolute atomic E-state index is 14.4. The van der Waals surface area contributed by atoms with Crippen molar-refractivity contribution in [1.29, 1.82) is 0 Å². The zero-order valence-corrected chi connectivity index (χ0v) is 12.9. The lowest BCUT2D eigenvalue weighted by molar-refractivity contribution is -0.118. The Kier molecular flexibility index (Phi) is 4.16. The number of hydrogen-bond acceptors (Lipinski definition) is 4. The van der Waals surface area contributed by atoms with E-state index in [4.69, 9.17) is 10.5 Å². The third kappa shape index (κ3) is 2.93. The van der Waals surface area contributed by atoms with Crippen molar-refractivity contribution >= 4 is 17.7 Å². The number of carbonyl (C=O) groups excluding carboxylic acids is 2. The van der Waals surface area contributed by atoms with Crippen LogP contribution in [0.25, 0.3) is 0 Å². The van der Waals surface area contributed by atoms with E-state index in [1.54, 1.807) is 0 Å². The number of aliphatic hydroxyl groups is 1. The largest absolute Gasteiger partial charge is 0.444 e. The van der Waals surface area contributed by atoms with Gasteiger partial charge in [0.1, 0.15) is 17.7 Å². The number of carbonyl (C=O) groups is 2. The van der Waals surface area contributed by atoms with Gasteiger partial charge in [0, 0.05) is 17.4 Å². The first-order chi connectivity index (χ1) is 11.4. The maximum Gasteiger partial charge on any atom is 0.414 e. The highest BCUT2D eigenvalue weighted by Gasteiger charge is 2.48. The van der Waals surface area contributed by atoms with E-state index in [0.717, 1.165) is 17.0 Å². The van der Waals surface area contributed by atoms with Crippen molar-refractivity contribution in [1.82, 2.24) is 0 Å². The minimum absolute atomic E-state index is 0.0501. The van der Waals surface area contributed by atoms with Crippen LogP contribution in [-0.4, -0.2) is 36.4 Å². The molecule has 1 unspecified atom stereocenters. The summed E-state index contributed by atoms with van der Waals surface area (Å²) in [4.78, 5) is 23.8. The molecule has 0 radical (unpaired) electrons. The van der Waals surface area contributed by atoms with E-state index in [9.17, 15) is 23.5 Å². The normalized spacial score (nSPS) is 21.7. The summed E-state index contributed by atoms with van der Waals surface area (Å²) in [7, 11) is 0. The topological polar surface area (TPSA) is 92.9 Å². The van der Waals surface area contributed by atoms with Crippen molar-refractivity contribution in [3.8, 4) is 0 Å². The molecule has 3 rings (SSSR count). The van der Waals surface area contributed by atoms with Crippen LogP contribution in [0.3, 0.4) is 0 Å². The van der Waals surface area contributed by atoms with Gasteiger partial charge in [-0.2, -0.15) is 0 Å². The van der Waals surface area contributed by atoms with Gasteiger partial charge in [0.25, 0.3) is 0 Å². The van der Waals surface area contributed by atoms with Crippen molar-refractivity contribution in [2.24, 2.45) is 5.73 Å². The van der Waals surface area contributed by atoms with Gasteiger partial charge in [-0.25, -0.2) is 13.6 Å². The summed E-state index contributed by atoms with van der Waals surface area (Å²) in [5, 5.41) is 9.36. The van der Waals surface area contributed by atoms with Crippen molar-refractivity contribution in [2.45, 2.75) is 37.2 Å². The maximum atomic E-state index is 14.4. The Morgan fingerprint density at radius 2 is 2.00 bits per heavy atom. The molecule has 0 spiro atoms. The Labute approximate surface area is 137 Å². The number of cyclic esters (lactones) is 1. The second-order valence-electron chi connectivity index (χ2n) is 6.34. The van der Waals surface area contributed by atoms with Crippen LogP contribution in [-0.2, 0) is 14.9 Å². The van der Waals surface area contributed by atoms with Gasteiger partial charge in [-0.1, -0.05) is 0 Å². The second-order valence-corrected chi connectivity index (χ2v) is 6.34. The highest BCUT2D eigenvalue weighted by molar-refractivity contribution is 5.89. The first-order valence-electron chi connectivity index (χ1n) is 7.73. The highest BCUT2D eigenvalue weighted by atomic mass is 19.1. The smallest absolute Gasteiger partial charge is 0.414 e.